The van der Waals surface area contributed by atoms with Crippen molar-refractivity contribution in [1.82, 2.24) is 15.0 Å². The lowest BCUT2D eigenvalue weighted by molar-refractivity contribution is 0.102. The van der Waals surface area contributed by atoms with Gasteiger partial charge in [0.15, 0.2) is 0 Å². The van der Waals surface area contributed by atoms with Crippen molar-refractivity contribution < 1.29 is 4.79 Å². The number of nitrogens with zero attached hydrogens (tertiary/aromatic N) is 3. The molecule has 0 aliphatic heterocycles. The minimum absolute atomic E-state index is 0.148. The Morgan fingerprint density at radius 2 is 1.81 bits per heavy atom. The number of aromatic nitrogens is 3. The van der Waals surface area contributed by atoms with E-state index in [4.69, 9.17) is 5.73 Å². The van der Waals surface area contributed by atoms with Crippen LogP contribution in [0.2, 0.25) is 0 Å². The Morgan fingerprint density at radius 1 is 1.04 bits per heavy atom. The van der Waals surface area contributed by atoms with Crippen molar-refractivity contribution in [2.24, 2.45) is 0 Å². The lowest BCUT2D eigenvalue weighted by Gasteiger charge is -2.12. The second kappa shape index (κ2) is 7.60. The van der Waals surface area contributed by atoms with E-state index in [1.54, 1.807) is 36.5 Å². The molecule has 4 N–H and O–H groups in total. The first-order valence-electron chi connectivity index (χ1n) is 8.25. The number of carbonyl (C=O) groups is 1. The number of amides is 1. The SMILES string of the molecule is CC(C)Nc1nc(NC(=O)c2ccc(N)cc2)cc(-c2ccccn2)n1. The zero-order valence-electron chi connectivity index (χ0n) is 14.6. The number of anilines is 3. The first-order valence-corrected chi connectivity index (χ1v) is 8.25. The molecule has 7 heteroatoms. The van der Waals surface area contributed by atoms with Crippen LogP contribution in [-0.4, -0.2) is 26.9 Å². The quantitative estimate of drug-likeness (QED) is 0.612. The summed E-state index contributed by atoms with van der Waals surface area (Å²) < 4.78 is 0. The molecule has 3 rings (SSSR count). The van der Waals surface area contributed by atoms with E-state index < -0.39 is 0 Å². The van der Waals surface area contributed by atoms with Crippen molar-refractivity contribution in [2.75, 3.05) is 16.4 Å². The van der Waals surface area contributed by atoms with E-state index in [2.05, 4.69) is 25.6 Å². The lowest BCUT2D eigenvalue weighted by atomic mass is 10.2. The van der Waals surface area contributed by atoms with Crippen LogP contribution in [0.3, 0.4) is 0 Å². The normalized spacial score (nSPS) is 10.6. The van der Waals surface area contributed by atoms with E-state index in [0.717, 1.165) is 0 Å². The molecular weight excluding hydrogens is 328 g/mol. The molecule has 1 aromatic carbocycles. The van der Waals surface area contributed by atoms with Gasteiger partial charge in [0.2, 0.25) is 5.95 Å². The highest BCUT2D eigenvalue weighted by Gasteiger charge is 2.12. The van der Waals surface area contributed by atoms with Crippen LogP contribution in [0.25, 0.3) is 11.4 Å². The van der Waals surface area contributed by atoms with Gasteiger partial charge < -0.3 is 16.4 Å². The van der Waals surface area contributed by atoms with Crippen LogP contribution in [0.15, 0.2) is 54.7 Å². The predicted molar refractivity (Wildman–Crippen MR) is 103 cm³/mol. The predicted octanol–water partition coefficient (Wildman–Crippen LogP) is 3.19. The van der Waals surface area contributed by atoms with Gasteiger partial charge in [-0.05, 0) is 50.2 Å². The molecule has 0 spiro atoms. The second-order valence-electron chi connectivity index (χ2n) is 6.05. The number of carbonyl (C=O) groups excluding carboxylic acids is 1. The highest BCUT2D eigenvalue weighted by Crippen LogP contribution is 2.20. The summed E-state index contributed by atoms with van der Waals surface area (Å²) in [5, 5.41) is 5.96. The Morgan fingerprint density at radius 3 is 2.46 bits per heavy atom. The number of hydrogen-bond donors (Lipinski definition) is 3. The maximum atomic E-state index is 12.5. The first kappa shape index (κ1) is 17.3. The average Bonchev–Trinajstić information content (AvgIpc) is 2.62. The molecule has 0 atom stereocenters. The fourth-order valence-electron chi connectivity index (χ4n) is 2.30. The molecule has 2 aromatic heterocycles. The summed E-state index contributed by atoms with van der Waals surface area (Å²) in [6.07, 6.45) is 1.69. The minimum atomic E-state index is -0.272. The third-order valence-corrected chi connectivity index (χ3v) is 3.49. The minimum Gasteiger partial charge on any atom is -0.399 e. The van der Waals surface area contributed by atoms with Gasteiger partial charge in [-0.25, -0.2) is 4.98 Å². The third-order valence-electron chi connectivity index (χ3n) is 3.49. The zero-order chi connectivity index (χ0) is 18.5. The molecule has 0 saturated carbocycles. The van der Waals surface area contributed by atoms with Gasteiger partial charge in [0.1, 0.15) is 5.82 Å². The van der Waals surface area contributed by atoms with Crippen LogP contribution in [0, 0.1) is 0 Å². The van der Waals surface area contributed by atoms with E-state index in [1.165, 1.54) is 0 Å². The number of pyridine rings is 1. The first-order chi connectivity index (χ1) is 12.5. The summed E-state index contributed by atoms with van der Waals surface area (Å²) in [5.41, 5.74) is 8.08. The summed E-state index contributed by atoms with van der Waals surface area (Å²) in [7, 11) is 0. The lowest BCUT2D eigenvalue weighted by Crippen LogP contribution is -2.17. The van der Waals surface area contributed by atoms with Gasteiger partial charge in [-0.1, -0.05) is 6.07 Å². The topological polar surface area (TPSA) is 106 Å². The van der Waals surface area contributed by atoms with E-state index in [9.17, 15) is 4.79 Å². The molecule has 0 saturated heterocycles. The number of nitrogen functional groups attached to an aromatic ring is 1. The fraction of sp³-hybridized carbons (Fsp3) is 0.158. The molecule has 2 heterocycles. The largest absolute Gasteiger partial charge is 0.399 e. The number of nitrogens with two attached hydrogens (primary N) is 1. The maximum Gasteiger partial charge on any atom is 0.256 e. The molecule has 7 nitrogen and oxygen atoms in total. The van der Waals surface area contributed by atoms with Gasteiger partial charge in [-0.3, -0.25) is 9.78 Å². The Balaban J connectivity index is 1.92. The Labute approximate surface area is 151 Å². The van der Waals surface area contributed by atoms with E-state index >= 15 is 0 Å². The molecule has 0 radical (unpaired) electrons. The second-order valence-corrected chi connectivity index (χ2v) is 6.05. The molecule has 132 valence electrons. The molecule has 3 aromatic rings. The van der Waals surface area contributed by atoms with Crippen molar-refractivity contribution in [3.8, 4) is 11.4 Å². The van der Waals surface area contributed by atoms with Gasteiger partial charge in [0.05, 0.1) is 11.4 Å². The molecular formula is C19H20N6O. The van der Waals surface area contributed by atoms with Gasteiger partial charge in [0.25, 0.3) is 5.91 Å². The molecule has 1 amide bonds. The summed E-state index contributed by atoms with van der Waals surface area (Å²) in [5.74, 6) is 0.549. The molecule has 0 aliphatic carbocycles. The maximum absolute atomic E-state index is 12.5. The molecule has 26 heavy (non-hydrogen) atoms. The van der Waals surface area contributed by atoms with Crippen LogP contribution < -0.4 is 16.4 Å². The number of rotatable bonds is 5. The molecule has 0 aliphatic rings. The van der Waals surface area contributed by atoms with Crippen LogP contribution in [0.4, 0.5) is 17.5 Å². The van der Waals surface area contributed by atoms with Crippen molar-refractivity contribution in [3.63, 3.8) is 0 Å². The monoisotopic (exact) mass is 348 g/mol. The summed E-state index contributed by atoms with van der Waals surface area (Å²) in [6.45, 7) is 3.98. The molecule has 0 fully saturated rings. The van der Waals surface area contributed by atoms with Gasteiger partial charge >= 0.3 is 0 Å². The fourth-order valence-corrected chi connectivity index (χ4v) is 2.30. The van der Waals surface area contributed by atoms with Crippen LogP contribution in [0.5, 0.6) is 0 Å². The summed E-state index contributed by atoms with van der Waals surface area (Å²) in [4.78, 5) is 25.6. The smallest absolute Gasteiger partial charge is 0.256 e. The summed E-state index contributed by atoms with van der Waals surface area (Å²) >= 11 is 0. The standard InChI is InChI=1S/C19H20N6O/c1-12(2)22-19-23-16(15-5-3-4-10-21-15)11-17(25-19)24-18(26)13-6-8-14(20)9-7-13/h3-12H,20H2,1-2H3,(H2,22,23,24,25,26). The molecule has 0 bridgehead atoms. The number of benzene rings is 1. The van der Waals surface area contributed by atoms with Crippen molar-refractivity contribution in [2.45, 2.75) is 19.9 Å². The Kier molecular flexibility index (Phi) is 5.07. The van der Waals surface area contributed by atoms with Crippen LogP contribution in [0.1, 0.15) is 24.2 Å². The average molecular weight is 348 g/mol. The van der Waals surface area contributed by atoms with Crippen LogP contribution >= 0.6 is 0 Å². The third kappa shape index (κ3) is 4.32. The Bertz CT molecular complexity index is 894. The van der Waals surface area contributed by atoms with Gasteiger partial charge in [-0.2, -0.15) is 4.98 Å². The summed E-state index contributed by atoms with van der Waals surface area (Å²) in [6, 6.07) is 14.1. The van der Waals surface area contributed by atoms with E-state index in [1.807, 2.05) is 32.0 Å². The van der Waals surface area contributed by atoms with Crippen molar-refractivity contribution in [1.29, 1.82) is 0 Å². The zero-order valence-corrected chi connectivity index (χ0v) is 14.6. The van der Waals surface area contributed by atoms with Gasteiger partial charge in [0, 0.05) is 29.6 Å². The van der Waals surface area contributed by atoms with Crippen LogP contribution in [-0.2, 0) is 0 Å². The van der Waals surface area contributed by atoms with E-state index in [0.29, 0.717) is 34.4 Å². The highest BCUT2D eigenvalue weighted by atomic mass is 16.1. The van der Waals surface area contributed by atoms with Crippen molar-refractivity contribution in [3.05, 3.63) is 60.3 Å². The molecule has 0 unspecified atom stereocenters. The number of hydrogen-bond acceptors (Lipinski definition) is 6. The van der Waals surface area contributed by atoms with Crippen molar-refractivity contribution >= 4 is 23.4 Å². The number of nitrogens with one attached hydrogen (secondary N) is 2. The highest BCUT2D eigenvalue weighted by molar-refractivity contribution is 6.04. The Hall–Kier alpha value is -3.48. The van der Waals surface area contributed by atoms with E-state index in [-0.39, 0.29) is 11.9 Å². The van der Waals surface area contributed by atoms with Gasteiger partial charge in [-0.15, -0.1) is 0 Å².